The lowest BCUT2D eigenvalue weighted by atomic mass is 10.1. The maximum absolute atomic E-state index is 10.2. The van der Waals surface area contributed by atoms with Crippen molar-refractivity contribution < 1.29 is 6.17 Å². The molecule has 1 nitrogen and oxygen atoms in total. The molecule has 0 aromatic heterocycles. The zero-order chi connectivity index (χ0) is 9.23. The molecule has 0 saturated heterocycles. The van der Waals surface area contributed by atoms with E-state index in [0.717, 1.165) is 12.8 Å². The van der Waals surface area contributed by atoms with Crippen LogP contribution in [0.3, 0.4) is 0 Å². The second kappa shape index (κ2) is 9.67. The van der Waals surface area contributed by atoms with E-state index in [0.29, 0.717) is 6.42 Å². The van der Waals surface area contributed by atoms with Gasteiger partial charge in [-0.2, -0.15) is 0 Å². The second-order valence-corrected chi connectivity index (χ2v) is 3.02. The summed E-state index contributed by atoms with van der Waals surface area (Å²) in [7, 11) is 0. The van der Waals surface area contributed by atoms with E-state index in [2.05, 4.69) is 6.92 Å². The van der Waals surface area contributed by atoms with Crippen molar-refractivity contribution in [2.45, 2.75) is 58.3 Å². The second-order valence-electron chi connectivity index (χ2n) is 3.02. The van der Waals surface area contributed by atoms with Crippen molar-refractivity contribution in [2.75, 3.05) is 0 Å². The molecule has 0 aromatic carbocycles. The summed E-state index contributed by atoms with van der Waals surface area (Å²) in [6.07, 6.45) is 8.53. The average molecular weight is 157 g/mol. The lowest BCUT2D eigenvalue weighted by Crippen LogP contribution is -1.80. The average Bonchev–Trinajstić information content (AvgIpc) is 2.02. The van der Waals surface area contributed by atoms with E-state index in [1.165, 1.54) is 32.1 Å². The predicted molar refractivity (Wildman–Crippen MR) is 48.7 cm³/mol. The molecule has 0 heterocycles. The van der Waals surface area contributed by atoms with Crippen LogP contribution in [0.1, 0.15) is 59.7 Å². The molecule has 0 fully saturated rings. The van der Waals surface area contributed by atoms with Crippen LogP contribution in [0, 0.1) is 0 Å². The van der Waals surface area contributed by atoms with Gasteiger partial charge in [-0.05, 0) is 6.42 Å². The minimum Gasteiger partial charge on any atom is -0.303 e. The van der Waals surface area contributed by atoms with Crippen molar-refractivity contribution in [3.63, 3.8) is 0 Å². The van der Waals surface area contributed by atoms with Crippen LogP contribution in [0.4, 0.5) is 0 Å². The van der Waals surface area contributed by atoms with Crippen LogP contribution in [0.2, 0.25) is 0 Å². The largest absolute Gasteiger partial charge is 0.303 e. The third-order valence-electron chi connectivity index (χ3n) is 1.88. The van der Waals surface area contributed by atoms with Crippen LogP contribution in [0.25, 0.3) is 0 Å². The van der Waals surface area contributed by atoms with Gasteiger partial charge >= 0.3 is 0 Å². The topological polar surface area (TPSA) is 17.1 Å². The minimum atomic E-state index is -0.413. The van der Waals surface area contributed by atoms with Crippen LogP contribution in [0.15, 0.2) is 0 Å². The first kappa shape index (κ1) is 8.76. The lowest BCUT2D eigenvalue weighted by molar-refractivity contribution is -0.107. The maximum atomic E-state index is 10.2. The fraction of sp³-hybridized carbons (Fsp3) is 0.900. The number of hydrogen-bond donors (Lipinski definition) is 0. The summed E-state index contributed by atoms with van der Waals surface area (Å²) in [6, 6.07) is 0. The molecule has 0 atom stereocenters. The summed E-state index contributed by atoms with van der Waals surface area (Å²) in [5.74, 6) is 0. The van der Waals surface area contributed by atoms with Crippen molar-refractivity contribution in [3.05, 3.63) is 0 Å². The fourth-order valence-electron chi connectivity index (χ4n) is 1.15. The number of unbranched alkanes of at least 4 members (excludes halogenated alkanes) is 6. The molecule has 66 valence electrons. The van der Waals surface area contributed by atoms with E-state index in [-0.39, 0.29) is 0 Å². The summed E-state index contributed by atoms with van der Waals surface area (Å²) in [5.41, 5.74) is 0. The molecule has 0 unspecified atom stereocenters. The van der Waals surface area contributed by atoms with Crippen LogP contribution in [0.5, 0.6) is 0 Å². The smallest absolute Gasteiger partial charge is 0.119 e. The molecule has 1 heteroatoms. The Morgan fingerprint density at radius 3 is 2.18 bits per heavy atom. The molecule has 0 amide bonds. The first-order valence-corrected chi connectivity index (χ1v) is 4.76. The number of rotatable bonds is 8. The van der Waals surface area contributed by atoms with Gasteiger partial charge in [-0.3, -0.25) is 0 Å². The fourth-order valence-corrected chi connectivity index (χ4v) is 1.15. The molecular formula is C10H20O. The Bertz CT molecular complexity index is 112. The highest BCUT2D eigenvalue weighted by Gasteiger charge is 1.89. The van der Waals surface area contributed by atoms with Crippen molar-refractivity contribution in [1.82, 2.24) is 0 Å². The Kier molecular flexibility index (Phi) is 7.70. The van der Waals surface area contributed by atoms with Gasteiger partial charge in [-0.1, -0.05) is 45.4 Å². The van der Waals surface area contributed by atoms with Crippen LogP contribution in [-0.2, 0) is 4.79 Å². The van der Waals surface area contributed by atoms with Gasteiger partial charge in [0.15, 0.2) is 0 Å². The van der Waals surface area contributed by atoms with Gasteiger partial charge in [0, 0.05) is 6.42 Å². The Morgan fingerprint density at radius 1 is 1.09 bits per heavy atom. The van der Waals surface area contributed by atoms with Gasteiger partial charge in [0.25, 0.3) is 0 Å². The Balaban J connectivity index is 2.86. The highest BCUT2D eigenvalue weighted by atomic mass is 16.1. The summed E-state index contributed by atoms with van der Waals surface area (Å²) in [5, 5.41) is 0. The molecule has 0 bridgehead atoms. The Morgan fingerprint density at radius 2 is 1.64 bits per heavy atom. The van der Waals surface area contributed by atoms with Gasteiger partial charge < -0.3 is 4.79 Å². The monoisotopic (exact) mass is 157 g/mol. The van der Waals surface area contributed by atoms with Crippen LogP contribution >= 0.6 is 0 Å². The minimum absolute atomic E-state index is 0.413. The highest BCUT2D eigenvalue weighted by molar-refractivity contribution is 5.48. The molecule has 11 heavy (non-hydrogen) atoms. The van der Waals surface area contributed by atoms with Gasteiger partial charge in [0.2, 0.25) is 0 Å². The summed E-state index contributed by atoms with van der Waals surface area (Å²) in [4.78, 5) is 10.2. The molecule has 0 aliphatic carbocycles. The van der Waals surface area contributed by atoms with E-state index in [1.54, 1.807) is 0 Å². The first-order chi connectivity index (χ1) is 5.77. The van der Waals surface area contributed by atoms with Gasteiger partial charge in [-0.25, -0.2) is 0 Å². The zero-order valence-electron chi connectivity index (χ0n) is 8.57. The molecule has 0 aliphatic rings. The molecule has 0 aromatic rings. The van der Waals surface area contributed by atoms with E-state index in [9.17, 15) is 4.79 Å². The van der Waals surface area contributed by atoms with E-state index in [1.807, 2.05) is 0 Å². The summed E-state index contributed by atoms with van der Waals surface area (Å²) in [6.45, 7) is 2.21. The van der Waals surface area contributed by atoms with Crippen molar-refractivity contribution in [1.29, 1.82) is 0 Å². The number of carbonyl (C=O) groups is 1. The Hall–Kier alpha value is -0.330. The standard InChI is InChI=1S/C10H20O/c1-2-3-4-5-6-7-8-9-10-11/h10H,2-9H2,1H3/i10D. The number of carbonyl (C=O) groups excluding carboxylic acids is 1. The molecule has 0 radical (unpaired) electrons. The van der Waals surface area contributed by atoms with E-state index < -0.39 is 6.26 Å². The highest BCUT2D eigenvalue weighted by Crippen LogP contribution is 2.07. The Labute approximate surface area is 71.6 Å². The SMILES string of the molecule is [2H]C(=O)CCCCCCCCC. The van der Waals surface area contributed by atoms with Crippen molar-refractivity contribution >= 4 is 6.26 Å². The third-order valence-corrected chi connectivity index (χ3v) is 1.88. The van der Waals surface area contributed by atoms with Gasteiger partial charge in [-0.15, -0.1) is 0 Å². The van der Waals surface area contributed by atoms with Crippen molar-refractivity contribution in [2.24, 2.45) is 0 Å². The summed E-state index contributed by atoms with van der Waals surface area (Å²) < 4.78 is 6.69. The van der Waals surface area contributed by atoms with Gasteiger partial charge in [0.05, 0.1) is 0 Å². The molecule has 0 rings (SSSR count). The predicted octanol–water partition coefficient (Wildman–Crippen LogP) is 3.33. The zero-order valence-corrected chi connectivity index (χ0v) is 7.57. The molecule has 0 aliphatic heterocycles. The number of hydrogen-bond acceptors (Lipinski definition) is 1. The quantitative estimate of drug-likeness (QED) is 0.390. The molecule has 0 spiro atoms. The van der Waals surface area contributed by atoms with Gasteiger partial charge in [0.1, 0.15) is 7.63 Å². The lowest BCUT2D eigenvalue weighted by Gasteiger charge is -1.97. The molecule has 0 N–H and O–H groups in total. The van der Waals surface area contributed by atoms with E-state index >= 15 is 0 Å². The first-order valence-electron chi connectivity index (χ1n) is 5.26. The molecular weight excluding hydrogens is 136 g/mol. The normalized spacial score (nSPS) is 11.2. The molecule has 0 saturated carbocycles. The van der Waals surface area contributed by atoms with E-state index in [4.69, 9.17) is 1.37 Å². The van der Waals surface area contributed by atoms with Crippen LogP contribution in [-0.4, -0.2) is 6.26 Å². The number of aldehydes is 1. The van der Waals surface area contributed by atoms with Crippen LogP contribution < -0.4 is 0 Å². The van der Waals surface area contributed by atoms with Crippen molar-refractivity contribution in [3.8, 4) is 0 Å². The summed E-state index contributed by atoms with van der Waals surface area (Å²) >= 11 is 0. The third kappa shape index (κ3) is 9.67. The maximum Gasteiger partial charge on any atom is 0.119 e.